The van der Waals surface area contributed by atoms with E-state index in [1.807, 2.05) is 0 Å². The summed E-state index contributed by atoms with van der Waals surface area (Å²) in [4.78, 5) is 20.8. The van der Waals surface area contributed by atoms with Gasteiger partial charge in [0, 0.05) is 0 Å². The first-order valence-corrected chi connectivity index (χ1v) is 4.94. The Morgan fingerprint density at radius 3 is 1.31 bits per heavy atom. The molecule has 0 aliphatic rings. The zero-order valence-corrected chi connectivity index (χ0v) is 8.98. The summed E-state index contributed by atoms with van der Waals surface area (Å²) in [5, 5.41) is 0. The Bertz CT molecular complexity index is 274. The maximum absolute atomic E-state index is 10.4. The predicted molar refractivity (Wildman–Crippen MR) is 54.6 cm³/mol. The number of rotatable bonds is 3. The van der Waals surface area contributed by atoms with E-state index in [2.05, 4.69) is 9.47 Å². The van der Waals surface area contributed by atoms with E-state index in [-0.39, 0.29) is 42.4 Å². The Balaban J connectivity index is -0.000000242. The van der Waals surface area contributed by atoms with E-state index in [0.29, 0.717) is 0 Å². The van der Waals surface area contributed by atoms with Crippen molar-refractivity contribution in [2.24, 2.45) is 0 Å². The van der Waals surface area contributed by atoms with E-state index in [1.165, 1.54) is 14.2 Å². The molecule has 0 aliphatic heterocycles. The molecule has 0 saturated carbocycles. The minimum absolute atomic E-state index is 0. The summed E-state index contributed by atoms with van der Waals surface area (Å²) >= 11 is 0. The van der Waals surface area contributed by atoms with Crippen LogP contribution in [0, 0.1) is 0 Å². The zero-order valence-electron chi connectivity index (χ0n) is 8.17. The average molecular weight is 268 g/mol. The molecule has 2 N–H and O–H groups in total. The number of carbonyl (C=O) groups is 2. The zero-order chi connectivity index (χ0) is 12.5. The fourth-order valence-corrected chi connectivity index (χ4v) is 0.408. The van der Waals surface area contributed by atoms with E-state index in [1.54, 1.807) is 0 Å². The van der Waals surface area contributed by atoms with E-state index in [4.69, 9.17) is 17.5 Å². The Labute approximate surface area is 115 Å². The summed E-state index contributed by atoms with van der Waals surface area (Å²) in [5.74, 6) is -0.796. The van der Waals surface area contributed by atoms with Gasteiger partial charge in [-0.1, -0.05) is 0 Å². The van der Waals surface area contributed by atoms with Gasteiger partial charge in [0.15, 0.2) is 0 Å². The van der Waals surface area contributed by atoms with Crippen LogP contribution in [0.25, 0.3) is 0 Å². The molecule has 0 aromatic carbocycles. The molecule has 0 atom stereocenters. The molecular formula is C6H13NaO8S. The van der Waals surface area contributed by atoms with Crippen LogP contribution in [-0.4, -0.2) is 73.2 Å². The van der Waals surface area contributed by atoms with Gasteiger partial charge in [0.25, 0.3) is 0 Å². The van der Waals surface area contributed by atoms with Crippen LogP contribution in [0.15, 0.2) is 0 Å². The van der Waals surface area contributed by atoms with Crippen molar-refractivity contribution < 1.29 is 36.6 Å². The van der Waals surface area contributed by atoms with Crippen molar-refractivity contribution in [1.29, 1.82) is 0 Å². The second-order valence-corrected chi connectivity index (χ2v) is 3.00. The van der Waals surface area contributed by atoms with Gasteiger partial charge in [-0.3, -0.25) is 18.7 Å². The van der Waals surface area contributed by atoms with Gasteiger partial charge in [0.2, 0.25) is 0 Å². The first-order chi connectivity index (χ1) is 6.70. The molecule has 92 valence electrons. The van der Waals surface area contributed by atoms with Crippen LogP contribution >= 0.6 is 0 Å². The first kappa shape index (κ1) is 21.1. The molecule has 0 fully saturated rings. The van der Waals surface area contributed by atoms with Crippen molar-refractivity contribution in [2.75, 3.05) is 14.2 Å². The Morgan fingerprint density at radius 2 is 1.19 bits per heavy atom. The maximum atomic E-state index is 10.4. The van der Waals surface area contributed by atoms with Crippen molar-refractivity contribution in [3.63, 3.8) is 0 Å². The summed E-state index contributed by atoms with van der Waals surface area (Å²) in [7, 11) is -2.11. The number of carbonyl (C=O) groups excluding carboxylic acids is 2. The molecule has 10 heteroatoms. The van der Waals surface area contributed by atoms with Crippen LogP contribution in [0.4, 0.5) is 0 Å². The van der Waals surface area contributed by atoms with Gasteiger partial charge in [-0.05, 0) is 0 Å². The third-order valence-electron chi connectivity index (χ3n) is 0.989. The fourth-order valence-electron chi connectivity index (χ4n) is 0.408. The molecule has 0 aromatic rings. The van der Waals surface area contributed by atoms with E-state index < -0.39 is 22.3 Å². The molecule has 0 saturated heterocycles. The molecule has 0 heterocycles. The summed E-state index contributed by atoms with van der Waals surface area (Å²) in [6.45, 7) is 0. The third kappa shape index (κ3) is 29.2. The number of methoxy groups -OCH3 is 2. The number of hydrogen-bond acceptors (Lipinski definition) is 6. The van der Waals surface area contributed by atoms with Crippen LogP contribution in [0.3, 0.4) is 0 Å². The average Bonchev–Trinajstić information content (AvgIpc) is 2.10. The molecule has 0 spiro atoms. The van der Waals surface area contributed by atoms with Gasteiger partial charge in [0.05, 0.1) is 27.1 Å². The second kappa shape index (κ2) is 11.3. The van der Waals surface area contributed by atoms with Gasteiger partial charge < -0.3 is 9.47 Å². The first-order valence-electron chi connectivity index (χ1n) is 3.54. The van der Waals surface area contributed by atoms with Crippen LogP contribution in [0.2, 0.25) is 0 Å². The summed E-state index contributed by atoms with van der Waals surface area (Å²) in [6, 6.07) is 0. The molecule has 8 nitrogen and oxygen atoms in total. The van der Waals surface area contributed by atoms with Crippen LogP contribution < -0.4 is 0 Å². The van der Waals surface area contributed by atoms with E-state index >= 15 is 0 Å². The van der Waals surface area contributed by atoms with E-state index in [9.17, 15) is 9.59 Å². The molecule has 16 heavy (non-hydrogen) atoms. The molecule has 0 bridgehead atoms. The van der Waals surface area contributed by atoms with Crippen molar-refractivity contribution in [3.8, 4) is 0 Å². The van der Waals surface area contributed by atoms with Crippen molar-refractivity contribution in [3.05, 3.63) is 0 Å². The quantitative estimate of drug-likeness (QED) is 0.371. The predicted octanol–water partition coefficient (Wildman–Crippen LogP) is -1.19. The molecular weight excluding hydrogens is 255 g/mol. The van der Waals surface area contributed by atoms with Gasteiger partial charge in [-0.2, -0.15) is 8.42 Å². The second-order valence-electron chi connectivity index (χ2n) is 2.10. The molecule has 0 radical (unpaired) electrons. The van der Waals surface area contributed by atoms with Crippen LogP contribution in [0.5, 0.6) is 0 Å². The summed E-state index contributed by atoms with van der Waals surface area (Å²) in [6.07, 6.45) is 0.173. The van der Waals surface area contributed by atoms with Crippen molar-refractivity contribution >= 4 is 51.9 Å². The molecule has 0 unspecified atom stereocenters. The Hall–Kier alpha value is -0.190. The fraction of sp³-hybridized carbons (Fsp3) is 0.667. The van der Waals surface area contributed by atoms with Gasteiger partial charge in [-0.25, -0.2) is 0 Å². The molecule has 0 aliphatic carbocycles. The van der Waals surface area contributed by atoms with E-state index in [0.717, 1.165) is 0 Å². The van der Waals surface area contributed by atoms with Gasteiger partial charge in [0.1, 0.15) is 0 Å². The van der Waals surface area contributed by atoms with Crippen molar-refractivity contribution in [1.82, 2.24) is 0 Å². The number of ether oxygens (including phenoxy) is 2. The molecule has 0 rings (SSSR count). The Kier molecular flexibility index (Phi) is 14.9. The normalized spacial score (nSPS) is 9.00. The van der Waals surface area contributed by atoms with Crippen LogP contribution in [0.1, 0.15) is 12.8 Å². The molecule has 0 aromatic heterocycles. The SMILES string of the molecule is COC(=O)CCC(=O)OC.O=S(=O)(O)O.[NaH]. The van der Waals surface area contributed by atoms with Gasteiger partial charge in [-0.15, -0.1) is 0 Å². The monoisotopic (exact) mass is 268 g/mol. The Morgan fingerprint density at radius 1 is 1.00 bits per heavy atom. The molecule has 0 amide bonds. The minimum atomic E-state index is -4.67. The van der Waals surface area contributed by atoms with Crippen LogP contribution in [-0.2, 0) is 29.5 Å². The summed E-state index contributed by atoms with van der Waals surface area (Å²) < 4.78 is 40.2. The van der Waals surface area contributed by atoms with Gasteiger partial charge >= 0.3 is 51.9 Å². The van der Waals surface area contributed by atoms with Crippen molar-refractivity contribution in [2.45, 2.75) is 12.8 Å². The topological polar surface area (TPSA) is 127 Å². The number of esters is 2. The number of hydrogen-bond donors (Lipinski definition) is 2. The summed E-state index contributed by atoms with van der Waals surface area (Å²) in [5.41, 5.74) is 0. The standard InChI is InChI=1S/C6H10O4.Na.H2O4S.H/c1-9-5(7)3-4-6(8)10-2;;1-5(2,3)4;/h3-4H2,1-2H3;;(H2,1,2,3,4);. The third-order valence-corrected chi connectivity index (χ3v) is 0.989.